The molecule has 1 heterocycles. The molecular formula is C39H31N. The zero-order valence-corrected chi connectivity index (χ0v) is 22.1. The van der Waals surface area contributed by atoms with Crippen molar-refractivity contribution in [2.45, 2.75) is 19.3 Å². The maximum Gasteiger partial charge on any atom is 0.0629 e. The molecule has 0 fully saturated rings. The summed E-state index contributed by atoms with van der Waals surface area (Å²) in [5.74, 6) is 0. The first-order chi connectivity index (χ1) is 23.7. The molecule has 0 amide bonds. The molecule has 192 valence electrons. The van der Waals surface area contributed by atoms with Crippen LogP contribution in [0.25, 0.3) is 49.7 Å². The van der Waals surface area contributed by atoms with Crippen LogP contribution in [0.4, 0.5) is 0 Å². The van der Waals surface area contributed by atoms with Gasteiger partial charge in [-0.25, -0.2) is 0 Å². The van der Waals surface area contributed by atoms with Crippen molar-refractivity contribution < 1.29 is 13.7 Å². The van der Waals surface area contributed by atoms with Gasteiger partial charge in [-0.1, -0.05) is 129 Å². The van der Waals surface area contributed by atoms with Gasteiger partial charge < -0.3 is 4.57 Å². The summed E-state index contributed by atoms with van der Waals surface area (Å²) in [5, 5.41) is 1.40. The summed E-state index contributed by atoms with van der Waals surface area (Å²) >= 11 is 0. The first-order valence-electron chi connectivity index (χ1n) is 18.1. The molecule has 0 aliphatic rings. The minimum Gasteiger partial charge on any atom is -0.309 e. The van der Waals surface area contributed by atoms with Crippen LogP contribution in [0.15, 0.2) is 151 Å². The Morgan fingerprint density at radius 3 is 1.48 bits per heavy atom. The largest absolute Gasteiger partial charge is 0.309 e. The second-order valence-electron chi connectivity index (χ2n) is 10.3. The standard InChI is InChI=1S/C39H31N/c1-39(2,32-16-10-5-11-17-32)33-20-22-34(23-21-33)40-37-24-18-30(28-12-6-3-7-13-28)26-35(37)36-27-31(19-25-38(36)40)29-14-8-4-9-15-29/h3-27H,1-2H3/i3D,4D,6D,7D,8D,9D,12D,13D,14D,15D. The second kappa shape index (κ2) is 9.70. The summed E-state index contributed by atoms with van der Waals surface area (Å²) in [6.07, 6.45) is 0. The van der Waals surface area contributed by atoms with Gasteiger partial charge in [-0.05, 0) is 69.8 Å². The normalized spacial score (nSPS) is 15.2. The van der Waals surface area contributed by atoms with Crippen molar-refractivity contribution in [3.63, 3.8) is 0 Å². The fraction of sp³-hybridized carbons (Fsp3) is 0.0769. The molecule has 7 rings (SSSR count). The lowest BCUT2D eigenvalue weighted by Gasteiger charge is -2.26. The zero-order chi connectivity index (χ0) is 35.8. The molecule has 0 aliphatic heterocycles. The van der Waals surface area contributed by atoms with Crippen molar-refractivity contribution in [2.24, 2.45) is 0 Å². The summed E-state index contributed by atoms with van der Waals surface area (Å²) in [5.41, 5.74) is 5.51. The van der Waals surface area contributed by atoms with Gasteiger partial charge in [0, 0.05) is 21.9 Å². The summed E-state index contributed by atoms with van der Waals surface area (Å²) in [7, 11) is 0. The Labute approximate surface area is 250 Å². The number of rotatable bonds is 5. The number of hydrogen-bond donors (Lipinski definition) is 0. The Kier molecular flexibility index (Phi) is 3.79. The SMILES string of the molecule is [2H]c1c([2H])c([2H])c(-c2ccc3c(c2)c2cc(-c4c([2H])c([2H])c([2H])c([2H])c4[2H])ccc2n3-c2ccc(C(C)(C)c3ccccc3)cc2)c([2H])c1[2H]. The molecule has 40 heavy (non-hydrogen) atoms. The van der Waals surface area contributed by atoms with E-state index in [1.165, 1.54) is 5.56 Å². The number of fused-ring (bicyclic) bond motifs is 3. The minimum absolute atomic E-state index is 0.0769. The molecule has 6 aromatic carbocycles. The fourth-order valence-electron chi connectivity index (χ4n) is 5.45. The van der Waals surface area contributed by atoms with Gasteiger partial charge in [0.15, 0.2) is 0 Å². The minimum atomic E-state index is -0.469. The average molecular weight is 524 g/mol. The first kappa shape index (κ1) is 15.6. The summed E-state index contributed by atoms with van der Waals surface area (Å²) in [6, 6.07) is 25.5. The lowest BCUT2D eigenvalue weighted by Crippen LogP contribution is -2.18. The van der Waals surface area contributed by atoms with Crippen LogP contribution in [-0.4, -0.2) is 4.57 Å². The molecule has 0 atom stereocenters. The van der Waals surface area contributed by atoms with Gasteiger partial charge in [0.05, 0.1) is 24.7 Å². The quantitative estimate of drug-likeness (QED) is 0.211. The number of benzene rings is 6. The molecule has 0 N–H and O–H groups in total. The molecular weight excluding hydrogens is 482 g/mol. The molecule has 0 saturated carbocycles. The van der Waals surface area contributed by atoms with Crippen LogP contribution in [0.5, 0.6) is 0 Å². The third kappa shape index (κ3) is 4.12. The third-order valence-corrected chi connectivity index (χ3v) is 7.69. The van der Waals surface area contributed by atoms with Crippen molar-refractivity contribution in [3.8, 4) is 27.9 Å². The van der Waals surface area contributed by atoms with E-state index in [0.717, 1.165) is 22.3 Å². The number of nitrogens with zero attached hydrogens (tertiary/aromatic N) is 1. The summed E-state index contributed by atoms with van der Waals surface area (Å²) in [4.78, 5) is 0. The Bertz CT molecular complexity index is 2320. The third-order valence-electron chi connectivity index (χ3n) is 7.69. The summed E-state index contributed by atoms with van der Waals surface area (Å²) < 4.78 is 85.5. The van der Waals surface area contributed by atoms with Crippen LogP contribution in [-0.2, 0) is 5.41 Å². The average Bonchev–Trinajstić information content (AvgIpc) is 3.45. The Morgan fingerprint density at radius 1 is 0.500 bits per heavy atom. The maximum atomic E-state index is 8.60. The molecule has 0 unspecified atom stereocenters. The molecule has 1 aromatic heterocycles. The molecule has 1 heteroatoms. The van der Waals surface area contributed by atoms with Crippen molar-refractivity contribution in [1.29, 1.82) is 0 Å². The van der Waals surface area contributed by atoms with Gasteiger partial charge in [0.1, 0.15) is 0 Å². The lowest BCUT2D eigenvalue weighted by molar-refractivity contribution is 0.641. The zero-order valence-electron chi connectivity index (χ0n) is 32.1. The Balaban J connectivity index is 1.49. The molecule has 0 bridgehead atoms. The predicted molar refractivity (Wildman–Crippen MR) is 170 cm³/mol. The molecule has 0 spiro atoms. The topological polar surface area (TPSA) is 4.93 Å². The highest BCUT2D eigenvalue weighted by molar-refractivity contribution is 6.11. The van der Waals surface area contributed by atoms with Gasteiger partial charge >= 0.3 is 0 Å². The van der Waals surface area contributed by atoms with Crippen LogP contribution in [0.1, 0.15) is 38.7 Å². The highest BCUT2D eigenvalue weighted by atomic mass is 15.0. The van der Waals surface area contributed by atoms with Gasteiger partial charge in [-0.15, -0.1) is 0 Å². The van der Waals surface area contributed by atoms with Crippen LogP contribution in [0.3, 0.4) is 0 Å². The highest BCUT2D eigenvalue weighted by Crippen LogP contribution is 2.38. The van der Waals surface area contributed by atoms with E-state index >= 15 is 0 Å². The van der Waals surface area contributed by atoms with E-state index in [-0.39, 0.29) is 40.7 Å². The van der Waals surface area contributed by atoms with Crippen molar-refractivity contribution in [1.82, 2.24) is 4.57 Å². The van der Waals surface area contributed by atoms with E-state index in [2.05, 4.69) is 42.7 Å². The van der Waals surface area contributed by atoms with E-state index in [9.17, 15) is 0 Å². The van der Waals surface area contributed by atoms with E-state index in [1.807, 2.05) is 42.5 Å². The van der Waals surface area contributed by atoms with E-state index in [4.69, 9.17) is 13.7 Å². The Morgan fingerprint density at radius 2 is 0.975 bits per heavy atom. The molecule has 0 radical (unpaired) electrons. The lowest BCUT2D eigenvalue weighted by atomic mass is 9.78. The van der Waals surface area contributed by atoms with Crippen LogP contribution >= 0.6 is 0 Å². The maximum absolute atomic E-state index is 8.60. The van der Waals surface area contributed by atoms with E-state index in [0.29, 0.717) is 21.9 Å². The van der Waals surface area contributed by atoms with Crippen LogP contribution < -0.4 is 0 Å². The van der Waals surface area contributed by atoms with E-state index < -0.39 is 36.3 Å². The van der Waals surface area contributed by atoms with Gasteiger partial charge in [0.2, 0.25) is 0 Å². The number of hydrogen-bond acceptors (Lipinski definition) is 0. The van der Waals surface area contributed by atoms with Crippen molar-refractivity contribution >= 4 is 21.8 Å². The molecule has 1 nitrogen and oxygen atoms in total. The second-order valence-corrected chi connectivity index (χ2v) is 10.3. The smallest absolute Gasteiger partial charge is 0.0629 e. The monoisotopic (exact) mass is 523 g/mol. The first-order valence-corrected chi connectivity index (χ1v) is 13.1. The molecule has 7 aromatic rings. The van der Waals surface area contributed by atoms with Gasteiger partial charge in [-0.2, -0.15) is 0 Å². The predicted octanol–water partition coefficient (Wildman–Crippen LogP) is 10.4. The Hall–Kier alpha value is -4.88. The fourth-order valence-corrected chi connectivity index (χ4v) is 5.45. The summed E-state index contributed by atoms with van der Waals surface area (Å²) in [6.45, 7) is 4.36. The van der Waals surface area contributed by atoms with Gasteiger partial charge in [-0.3, -0.25) is 0 Å². The van der Waals surface area contributed by atoms with Gasteiger partial charge in [0.25, 0.3) is 0 Å². The van der Waals surface area contributed by atoms with Crippen LogP contribution in [0, 0.1) is 0 Å². The van der Waals surface area contributed by atoms with Crippen molar-refractivity contribution in [3.05, 3.63) is 163 Å². The molecule has 0 aliphatic carbocycles. The van der Waals surface area contributed by atoms with E-state index in [1.54, 1.807) is 24.3 Å². The highest BCUT2D eigenvalue weighted by Gasteiger charge is 2.23. The van der Waals surface area contributed by atoms with Crippen molar-refractivity contribution in [2.75, 3.05) is 0 Å². The molecule has 0 saturated heterocycles. The number of aromatic nitrogens is 1. The van der Waals surface area contributed by atoms with Crippen LogP contribution in [0.2, 0.25) is 0 Å².